The maximum atomic E-state index is 12.5. The predicted molar refractivity (Wildman–Crippen MR) is 140 cm³/mol. The molecular formula is C24H22Cl2N4O2S2. The molecule has 0 spiro atoms. The summed E-state index contributed by atoms with van der Waals surface area (Å²) in [7, 11) is 0. The summed E-state index contributed by atoms with van der Waals surface area (Å²) in [4.78, 5) is 21.7. The summed E-state index contributed by atoms with van der Waals surface area (Å²) in [6.07, 6.45) is 0. The van der Waals surface area contributed by atoms with E-state index in [2.05, 4.69) is 23.9 Å². The van der Waals surface area contributed by atoms with Crippen LogP contribution in [-0.2, 0) is 0 Å². The molecule has 0 unspecified atom stereocenters. The van der Waals surface area contributed by atoms with Crippen molar-refractivity contribution in [3.8, 4) is 27.5 Å². The average molecular weight is 534 g/mol. The zero-order chi connectivity index (χ0) is 24.7. The van der Waals surface area contributed by atoms with Crippen LogP contribution in [0.25, 0.3) is 27.5 Å². The van der Waals surface area contributed by atoms with Crippen LogP contribution >= 0.6 is 46.3 Å². The monoisotopic (exact) mass is 532 g/mol. The number of rotatable bonds is 6. The van der Waals surface area contributed by atoms with Crippen molar-refractivity contribution in [2.45, 2.75) is 44.1 Å². The Balaban J connectivity index is 1.93. The third-order valence-corrected chi connectivity index (χ3v) is 7.92. The average Bonchev–Trinajstić information content (AvgIpc) is 3.30. The molecular weight excluding hydrogens is 511 g/mol. The van der Waals surface area contributed by atoms with Crippen LogP contribution in [0.4, 0.5) is 0 Å². The zero-order valence-corrected chi connectivity index (χ0v) is 22.3. The zero-order valence-electron chi connectivity index (χ0n) is 19.2. The van der Waals surface area contributed by atoms with E-state index in [4.69, 9.17) is 28.2 Å². The van der Waals surface area contributed by atoms with E-state index >= 15 is 0 Å². The fourth-order valence-corrected chi connectivity index (χ4v) is 6.47. The molecule has 3 aromatic heterocycles. The van der Waals surface area contributed by atoms with E-state index in [1.165, 1.54) is 16.0 Å². The van der Waals surface area contributed by atoms with E-state index in [9.17, 15) is 9.90 Å². The number of nitrogens with zero attached hydrogens (tertiary/aromatic N) is 4. The lowest BCUT2D eigenvalue weighted by molar-refractivity contribution is 0.0688. The van der Waals surface area contributed by atoms with Crippen LogP contribution in [0, 0.1) is 20.8 Å². The summed E-state index contributed by atoms with van der Waals surface area (Å²) in [6, 6.07) is 9.11. The highest BCUT2D eigenvalue weighted by Crippen LogP contribution is 2.42. The van der Waals surface area contributed by atoms with Crippen molar-refractivity contribution >= 4 is 52.3 Å². The Bertz CT molecular complexity index is 1390. The van der Waals surface area contributed by atoms with Crippen LogP contribution in [-0.4, -0.2) is 36.1 Å². The maximum absolute atomic E-state index is 12.5. The largest absolute Gasteiger partial charge is 0.476 e. The lowest BCUT2D eigenvalue weighted by Gasteiger charge is -2.06. The Morgan fingerprint density at radius 2 is 1.71 bits per heavy atom. The van der Waals surface area contributed by atoms with Gasteiger partial charge in [0.1, 0.15) is 0 Å². The lowest BCUT2D eigenvalue weighted by atomic mass is 10.0. The molecule has 0 aliphatic heterocycles. The van der Waals surface area contributed by atoms with Gasteiger partial charge in [-0.1, -0.05) is 54.5 Å². The Labute approximate surface area is 216 Å². The number of benzene rings is 1. The van der Waals surface area contributed by atoms with Crippen molar-refractivity contribution in [2.24, 2.45) is 0 Å². The Morgan fingerprint density at radius 3 is 2.29 bits per heavy atom. The van der Waals surface area contributed by atoms with Crippen molar-refractivity contribution in [1.29, 1.82) is 0 Å². The molecule has 0 saturated carbocycles. The van der Waals surface area contributed by atoms with Gasteiger partial charge in [-0.2, -0.15) is 9.78 Å². The number of carboxylic acid groups (broad SMARTS) is 1. The van der Waals surface area contributed by atoms with Crippen molar-refractivity contribution < 1.29 is 9.90 Å². The molecule has 0 aliphatic rings. The third kappa shape index (κ3) is 4.86. The highest BCUT2D eigenvalue weighted by Gasteiger charge is 2.27. The summed E-state index contributed by atoms with van der Waals surface area (Å²) in [5.41, 5.74) is 5.15. The molecule has 176 valence electrons. The number of pyridine rings is 1. The van der Waals surface area contributed by atoms with Gasteiger partial charge in [0.15, 0.2) is 5.69 Å². The van der Waals surface area contributed by atoms with Crippen molar-refractivity contribution in [3.05, 3.63) is 63.2 Å². The van der Waals surface area contributed by atoms with E-state index < -0.39 is 5.97 Å². The van der Waals surface area contributed by atoms with Gasteiger partial charge in [-0.3, -0.25) is 4.98 Å². The second-order valence-corrected chi connectivity index (χ2v) is 11.7. The van der Waals surface area contributed by atoms with Crippen LogP contribution in [0.15, 0.2) is 34.5 Å². The van der Waals surface area contributed by atoms with Gasteiger partial charge >= 0.3 is 5.97 Å². The first-order valence-electron chi connectivity index (χ1n) is 10.5. The number of thioether (sulfide) groups is 1. The van der Waals surface area contributed by atoms with E-state index in [0.717, 1.165) is 32.4 Å². The highest BCUT2D eigenvalue weighted by atomic mass is 35.5. The van der Waals surface area contributed by atoms with Crippen molar-refractivity contribution in [2.75, 3.05) is 0 Å². The Morgan fingerprint density at radius 1 is 1.03 bits per heavy atom. The summed E-state index contributed by atoms with van der Waals surface area (Å²) in [6.45, 7) is 9.76. The number of carboxylic acids is 1. The van der Waals surface area contributed by atoms with E-state index in [-0.39, 0.29) is 5.69 Å². The smallest absolute Gasteiger partial charge is 0.355 e. The first-order chi connectivity index (χ1) is 16.0. The second kappa shape index (κ2) is 9.70. The van der Waals surface area contributed by atoms with Crippen LogP contribution in [0.2, 0.25) is 10.0 Å². The van der Waals surface area contributed by atoms with Gasteiger partial charge < -0.3 is 5.11 Å². The summed E-state index contributed by atoms with van der Waals surface area (Å²) in [5.74, 6) is -1.08. The number of hydrogen-bond donors (Lipinski definition) is 1. The summed E-state index contributed by atoms with van der Waals surface area (Å²) < 4.78 is 2.37. The maximum Gasteiger partial charge on any atom is 0.355 e. The molecule has 0 fully saturated rings. The molecule has 0 bridgehead atoms. The van der Waals surface area contributed by atoms with Gasteiger partial charge in [0.25, 0.3) is 0 Å². The minimum Gasteiger partial charge on any atom is -0.476 e. The Kier molecular flexibility index (Phi) is 7.05. The molecule has 6 nitrogen and oxygen atoms in total. The molecule has 34 heavy (non-hydrogen) atoms. The van der Waals surface area contributed by atoms with Crippen LogP contribution in [0.3, 0.4) is 0 Å². The predicted octanol–water partition coefficient (Wildman–Crippen LogP) is 7.49. The number of aryl methyl sites for hydroxylation is 3. The molecule has 0 aliphatic carbocycles. The van der Waals surface area contributed by atoms with Gasteiger partial charge in [0.05, 0.1) is 25.6 Å². The van der Waals surface area contributed by atoms with E-state index in [1.807, 2.05) is 32.0 Å². The molecule has 4 rings (SSSR count). The standard InChI is InChI=1S/C24H22Cl2N4O2S2/c1-11(2)33-23-20(15-6-7-17(25)18(26)10-15)28-24(34-23)30-21(22(31)32)19(14(5)29-30)16-8-12(3)27-13(4)9-16/h6-11H,1-5H3,(H,31,32). The first-order valence-corrected chi connectivity index (χ1v) is 12.9. The molecule has 4 aromatic rings. The quantitative estimate of drug-likeness (QED) is 0.259. The third-order valence-electron chi connectivity index (χ3n) is 4.93. The molecule has 1 N–H and O–H groups in total. The molecule has 0 radical (unpaired) electrons. The number of carbonyl (C=O) groups is 1. The Hall–Kier alpha value is -2.39. The van der Waals surface area contributed by atoms with Crippen LogP contribution < -0.4 is 0 Å². The van der Waals surface area contributed by atoms with Crippen LogP contribution in [0.5, 0.6) is 0 Å². The fourth-order valence-electron chi connectivity index (χ4n) is 3.69. The molecule has 3 heterocycles. The first kappa shape index (κ1) is 24.7. The SMILES string of the molecule is Cc1cc(-c2c(C)nn(-c3nc(-c4ccc(Cl)c(Cl)c4)c(SC(C)C)s3)c2C(=O)O)cc(C)n1. The normalized spacial score (nSPS) is 11.4. The van der Waals surface area contributed by atoms with Gasteiger partial charge in [-0.25, -0.2) is 9.78 Å². The molecule has 0 atom stereocenters. The van der Waals surface area contributed by atoms with Crippen LogP contribution in [0.1, 0.15) is 41.4 Å². The molecule has 0 amide bonds. The fraction of sp³-hybridized carbons (Fsp3) is 0.250. The summed E-state index contributed by atoms with van der Waals surface area (Å²) in [5, 5.41) is 16.5. The van der Waals surface area contributed by atoms with E-state index in [1.54, 1.807) is 30.8 Å². The lowest BCUT2D eigenvalue weighted by Crippen LogP contribution is -2.09. The minimum absolute atomic E-state index is 0.0676. The van der Waals surface area contributed by atoms with Crippen molar-refractivity contribution in [1.82, 2.24) is 19.7 Å². The number of aromatic carboxylic acids is 1. The molecule has 10 heteroatoms. The van der Waals surface area contributed by atoms with Gasteiger partial charge in [-0.15, -0.1) is 11.8 Å². The van der Waals surface area contributed by atoms with Gasteiger partial charge in [0.2, 0.25) is 5.13 Å². The highest BCUT2D eigenvalue weighted by molar-refractivity contribution is 8.01. The minimum atomic E-state index is -1.08. The molecule has 1 aromatic carbocycles. The number of thiazole rings is 1. The van der Waals surface area contributed by atoms with Crippen molar-refractivity contribution in [3.63, 3.8) is 0 Å². The number of halogens is 2. The summed E-state index contributed by atoms with van der Waals surface area (Å²) >= 11 is 15.4. The number of aromatic nitrogens is 4. The second-order valence-electron chi connectivity index (χ2n) is 8.09. The van der Waals surface area contributed by atoms with Gasteiger partial charge in [0, 0.05) is 27.8 Å². The molecule has 0 saturated heterocycles. The number of hydrogen-bond acceptors (Lipinski definition) is 6. The topological polar surface area (TPSA) is 80.9 Å². The van der Waals surface area contributed by atoms with E-state index in [0.29, 0.717) is 31.7 Å². The van der Waals surface area contributed by atoms with Gasteiger partial charge in [-0.05, 0) is 50.6 Å².